The fourth-order valence-electron chi connectivity index (χ4n) is 2.79. The van der Waals surface area contributed by atoms with Gasteiger partial charge in [-0.1, -0.05) is 13.3 Å². The number of amides is 2. The summed E-state index contributed by atoms with van der Waals surface area (Å²) in [5.74, 6) is -2.85. The van der Waals surface area contributed by atoms with Gasteiger partial charge in [0.05, 0.1) is 5.75 Å². The van der Waals surface area contributed by atoms with Gasteiger partial charge in [0.1, 0.15) is 17.5 Å². The van der Waals surface area contributed by atoms with Crippen molar-refractivity contribution < 1.29 is 32.3 Å². The molecule has 0 radical (unpaired) electrons. The van der Waals surface area contributed by atoms with E-state index in [9.17, 15) is 27.9 Å². The van der Waals surface area contributed by atoms with Crippen LogP contribution in [0.25, 0.3) is 11.0 Å². The number of rotatable bonds is 13. The number of hydrogen-bond acceptors (Lipinski definition) is 7. The lowest BCUT2D eigenvalue weighted by molar-refractivity contribution is -0.138. The minimum atomic E-state index is -3.78. The number of carboxylic acid groups (broad SMARTS) is 1. The SMILES string of the molecule is CCCCS(=O)(=O)N[C@@H](CNC(=O)CCNC(=O)c1cc2cc(C(=N)N)ccc2o1)C(=O)O. The van der Waals surface area contributed by atoms with Gasteiger partial charge in [-0.3, -0.25) is 19.8 Å². The first-order chi connectivity index (χ1) is 15.5. The molecule has 0 saturated heterocycles. The molecular weight excluding hydrogens is 454 g/mol. The molecule has 0 unspecified atom stereocenters. The molecule has 1 aromatic heterocycles. The Labute approximate surface area is 190 Å². The molecule has 0 bridgehead atoms. The molecule has 7 N–H and O–H groups in total. The molecule has 1 aromatic carbocycles. The van der Waals surface area contributed by atoms with E-state index < -0.39 is 40.4 Å². The van der Waals surface area contributed by atoms with Crippen LogP contribution in [0.1, 0.15) is 42.3 Å². The number of benzene rings is 1. The summed E-state index contributed by atoms with van der Waals surface area (Å²) in [4.78, 5) is 35.5. The maximum Gasteiger partial charge on any atom is 0.323 e. The number of unbranched alkanes of at least 4 members (excludes halogenated alkanes) is 1. The number of aliphatic carboxylic acids is 1. The number of hydrogen-bond donors (Lipinski definition) is 6. The van der Waals surface area contributed by atoms with Crippen molar-refractivity contribution in [3.8, 4) is 0 Å². The van der Waals surface area contributed by atoms with Crippen molar-refractivity contribution in [2.75, 3.05) is 18.8 Å². The molecule has 13 heteroatoms. The van der Waals surface area contributed by atoms with Crippen LogP contribution >= 0.6 is 0 Å². The lowest BCUT2D eigenvalue weighted by Crippen LogP contribution is -2.49. The van der Waals surface area contributed by atoms with Crippen LogP contribution in [0.4, 0.5) is 0 Å². The molecule has 33 heavy (non-hydrogen) atoms. The predicted molar refractivity (Wildman–Crippen MR) is 120 cm³/mol. The molecule has 2 amide bonds. The number of nitrogen functional groups attached to an aromatic ring is 1. The number of carboxylic acids is 1. The molecule has 2 aromatic rings. The van der Waals surface area contributed by atoms with E-state index in [2.05, 4.69) is 15.4 Å². The highest BCUT2D eigenvalue weighted by molar-refractivity contribution is 7.89. The van der Waals surface area contributed by atoms with Crippen LogP contribution in [-0.2, 0) is 19.6 Å². The van der Waals surface area contributed by atoms with E-state index in [1.165, 1.54) is 6.07 Å². The van der Waals surface area contributed by atoms with Crippen LogP contribution in [0.15, 0.2) is 28.7 Å². The quantitative estimate of drug-likeness (QED) is 0.171. The number of furan rings is 1. The molecule has 1 atom stereocenters. The fourth-order valence-corrected chi connectivity index (χ4v) is 4.20. The van der Waals surface area contributed by atoms with Gasteiger partial charge in [-0.15, -0.1) is 0 Å². The second-order valence-electron chi connectivity index (χ2n) is 7.27. The molecule has 0 spiro atoms. The van der Waals surface area contributed by atoms with E-state index in [0.29, 0.717) is 29.4 Å². The fraction of sp³-hybridized carbons (Fsp3) is 0.400. The lowest BCUT2D eigenvalue weighted by atomic mass is 10.1. The number of fused-ring (bicyclic) bond motifs is 1. The molecule has 180 valence electrons. The number of carbonyl (C=O) groups is 3. The van der Waals surface area contributed by atoms with Crippen LogP contribution in [-0.4, -0.2) is 62.0 Å². The van der Waals surface area contributed by atoms with E-state index >= 15 is 0 Å². The van der Waals surface area contributed by atoms with Gasteiger partial charge in [-0.05, 0) is 30.7 Å². The van der Waals surface area contributed by atoms with E-state index in [-0.39, 0.29) is 30.3 Å². The normalized spacial score (nSPS) is 12.3. The number of nitrogens with one attached hydrogen (secondary N) is 4. The molecule has 0 saturated carbocycles. The monoisotopic (exact) mass is 481 g/mol. The zero-order valence-corrected chi connectivity index (χ0v) is 18.8. The van der Waals surface area contributed by atoms with Gasteiger partial charge in [0.25, 0.3) is 5.91 Å². The molecule has 1 heterocycles. The van der Waals surface area contributed by atoms with E-state index in [0.717, 1.165) is 0 Å². The van der Waals surface area contributed by atoms with Crippen molar-refractivity contribution >= 4 is 44.6 Å². The van der Waals surface area contributed by atoms with Crippen molar-refractivity contribution in [2.45, 2.75) is 32.2 Å². The largest absolute Gasteiger partial charge is 0.480 e. The summed E-state index contributed by atoms with van der Waals surface area (Å²) >= 11 is 0. The van der Waals surface area contributed by atoms with Crippen molar-refractivity contribution in [3.05, 3.63) is 35.6 Å². The third-order valence-corrected chi connectivity index (χ3v) is 6.05. The molecule has 0 aliphatic carbocycles. The molecular formula is C20H27N5O7S. The van der Waals surface area contributed by atoms with Crippen molar-refractivity contribution in [3.63, 3.8) is 0 Å². The van der Waals surface area contributed by atoms with Gasteiger partial charge in [-0.2, -0.15) is 4.72 Å². The van der Waals surface area contributed by atoms with Crippen molar-refractivity contribution in [1.82, 2.24) is 15.4 Å². The zero-order chi connectivity index (χ0) is 24.6. The van der Waals surface area contributed by atoms with Gasteiger partial charge in [-0.25, -0.2) is 8.42 Å². The Hall–Kier alpha value is -3.45. The molecule has 12 nitrogen and oxygen atoms in total. The highest BCUT2D eigenvalue weighted by Gasteiger charge is 2.24. The summed E-state index contributed by atoms with van der Waals surface area (Å²) in [6.45, 7) is 1.32. The Morgan fingerprint density at radius 3 is 2.58 bits per heavy atom. The first-order valence-corrected chi connectivity index (χ1v) is 11.8. The summed E-state index contributed by atoms with van der Waals surface area (Å²) in [7, 11) is -3.78. The van der Waals surface area contributed by atoms with Crippen molar-refractivity contribution in [1.29, 1.82) is 5.41 Å². The van der Waals surface area contributed by atoms with Crippen LogP contribution in [0.3, 0.4) is 0 Å². The van der Waals surface area contributed by atoms with Gasteiger partial charge >= 0.3 is 5.97 Å². The minimum Gasteiger partial charge on any atom is -0.480 e. The Kier molecular flexibility index (Phi) is 8.94. The topological polar surface area (TPSA) is 205 Å². The number of sulfonamides is 1. The maximum atomic E-state index is 12.3. The maximum absolute atomic E-state index is 12.3. The average molecular weight is 482 g/mol. The minimum absolute atomic E-state index is 0.0125. The Bertz CT molecular complexity index is 1140. The summed E-state index contributed by atoms with van der Waals surface area (Å²) in [6, 6.07) is 4.78. The highest BCUT2D eigenvalue weighted by atomic mass is 32.2. The van der Waals surface area contributed by atoms with Crippen LogP contribution in [0.5, 0.6) is 0 Å². The van der Waals surface area contributed by atoms with Crippen molar-refractivity contribution in [2.24, 2.45) is 5.73 Å². The third kappa shape index (κ3) is 7.88. The zero-order valence-electron chi connectivity index (χ0n) is 18.0. The first-order valence-electron chi connectivity index (χ1n) is 10.2. The summed E-state index contributed by atoms with van der Waals surface area (Å²) < 4.78 is 31.3. The third-order valence-electron chi connectivity index (χ3n) is 4.58. The molecule has 0 aliphatic heterocycles. The van der Waals surface area contributed by atoms with Gasteiger partial charge in [0.15, 0.2) is 5.76 Å². The van der Waals surface area contributed by atoms with Gasteiger partial charge in [0.2, 0.25) is 15.9 Å². The number of amidine groups is 1. The van der Waals surface area contributed by atoms with E-state index in [1.807, 2.05) is 6.92 Å². The van der Waals surface area contributed by atoms with Gasteiger partial charge < -0.3 is 25.9 Å². The average Bonchev–Trinajstić information content (AvgIpc) is 3.18. The molecule has 0 fully saturated rings. The summed E-state index contributed by atoms with van der Waals surface area (Å²) in [5.41, 5.74) is 6.36. The number of nitrogens with two attached hydrogens (primary N) is 1. The van der Waals surface area contributed by atoms with Crippen LogP contribution in [0.2, 0.25) is 0 Å². The second-order valence-corrected chi connectivity index (χ2v) is 9.14. The Morgan fingerprint density at radius 1 is 1.21 bits per heavy atom. The van der Waals surface area contributed by atoms with E-state index in [4.69, 9.17) is 15.6 Å². The Balaban J connectivity index is 1.83. The molecule has 0 aliphatic rings. The molecule has 2 rings (SSSR count). The van der Waals surface area contributed by atoms with Crippen LogP contribution in [0, 0.1) is 5.41 Å². The Morgan fingerprint density at radius 2 is 1.94 bits per heavy atom. The number of carbonyl (C=O) groups excluding carboxylic acids is 2. The van der Waals surface area contributed by atoms with Gasteiger partial charge in [0, 0.05) is 30.5 Å². The summed E-state index contributed by atoms with van der Waals surface area (Å²) in [5, 5.41) is 22.1. The second kappa shape index (κ2) is 11.4. The lowest BCUT2D eigenvalue weighted by Gasteiger charge is -2.15. The first kappa shape index (κ1) is 25.8. The highest BCUT2D eigenvalue weighted by Crippen LogP contribution is 2.20. The standard InChI is InChI=1S/C20H27N5O7S/c1-2-3-8-33(30,31)25-14(20(28)29)11-24-17(26)6-7-23-19(27)16-10-13-9-12(18(21)22)4-5-15(13)32-16/h4-5,9-10,14,25H,2-3,6-8,11H2,1H3,(H3,21,22)(H,23,27)(H,24,26)(H,28,29)/t14-/m0/s1. The van der Waals surface area contributed by atoms with E-state index in [1.54, 1.807) is 18.2 Å². The predicted octanol–water partition coefficient (Wildman–Crippen LogP) is 0.126. The summed E-state index contributed by atoms with van der Waals surface area (Å²) in [6.07, 6.45) is 0.862. The van der Waals surface area contributed by atoms with Crippen LogP contribution < -0.4 is 21.1 Å². The smallest absolute Gasteiger partial charge is 0.323 e.